The molecule has 0 unspecified atom stereocenters. The number of hydrogen-bond acceptors (Lipinski definition) is 3. The summed E-state index contributed by atoms with van der Waals surface area (Å²) >= 11 is 0. The topological polar surface area (TPSA) is 67.2 Å². The first-order valence-electron chi connectivity index (χ1n) is 7.07. The summed E-state index contributed by atoms with van der Waals surface area (Å²) in [6.07, 6.45) is -0.309. The van der Waals surface area contributed by atoms with Crippen LogP contribution in [0, 0.1) is 0 Å². The summed E-state index contributed by atoms with van der Waals surface area (Å²) in [7, 11) is 0. The lowest BCUT2D eigenvalue weighted by atomic mass is 9.98. The highest BCUT2D eigenvalue weighted by Gasteiger charge is 2.52. The fourth-order valence-corrected chi connectivity index (χ4v) is 3.04. The molecule has 0 radical (unpaired) electrons. The second kappa shape index (κ2) is 4.99. The Morgan fingerprint density at radius 3 is 2.50 bits per heavy atom. The van der Waals surface area contributed by atoms with Crippen molar-refractivity contribution >= 4 is 11.9 Å². The lowest BCUT2D eigenvalue weighted by Crippen LogP contribution is -2.44. The third-order valence-electron chi connectivity index (χ3n) is 4.19. The minimum atomic E-state index is -4.50. The highest BCUT2D eigenvalue weighted by molar-refractivity contribution is 6.07. The van der Waals surface area contributed by atoms with Gasteiger partial charge in [0.15, 0.2) is 5.69 Å². The normalized spacial score (nSPS) is 21.0. The number of alkyl halides is 3. The molecule has 3 rings (SSSR count). The standard InChI is InChI=1S/C13H15F3N4O2/c14-13(15,16)9-3-6-19(18-9)7-8-20-10(21)12(17-11(20)22)4-1-2-5-12/h3,6H,1-2,4-5,7-8H2,(H,17,22). The lowest BCUT2D eigenvalue weighted by molar-refractivity contribution is -0.141. The molecule has 9 heteroatoms. The van der Waals surface area contributed by atoms with Crippen molar-refractivity contribution in [2.75, 3.05) is 6.54 Å². The summed E-state index contributed by atoms with van der Waals surface area (Å²) in [5.41, 5.74) is -1.78. The number of halogens is 3. The van der Waals surface area contributed by atoms with Crippen molar-refractivity contribution in [3.63, 3.8) is 0 Å². The molecule has 2 aliphatic rings. The molecule has 1 aliphatic carbocycles. The highest BCUT2D eigenvalue weighted by Crippen LogP contribution is 2.35. The van der Waals surface area contributed by atoms with E-state index in [0.717, 1.165) is 28.5 Å². The van der Waals surface area contributed by atoms with Crippen LogP contribution in [0.4, 0.5) is 18.0 Å². The second-order valence-electron chi connectivity index (χ2n) is 5.64. The molecule has 1 aromatic heterocycles. The van der Waals surface area contributed by atoms with Crippen LogP contribution in [0.3, 0.4) is 0 Å². The van der Waals surface area contributed by atoms with Gasteiger partial charge in [-0.05, 0) is 18.9 Å². The van der Waals surface area contributed by atoms with E-state index < -0.39 is 23.4 Å². The zero-order valence-electron chi connectivity index (χ0n) is 11.7. The number of nitrogens with one attached hydrogen (secondary N) is 1. The lowest BCUT2D eigenvalue weighted by Gasteiger charge is -2.19. The summed E-state index contributed by atoms with van der Waals surface area (Å²) in [6.45, 7) is 0.0384. The largest absolute Gasteiger partial charge is 0.435 e. The van der Waals surface area contributed by atoms with Crippen LogP contribution in [0.15, 0.2) is 12.3 Å². The predicted molar refractivity (Wildman–Crippen MR) is 68.7 cm³/mol. The summed E-state index contributed by atoms with van der Waals surface area (Å²) in [4.78, 5) is 25.3. The molecular formula is C13H15F3N4O2. The van der Waals surface area contributed by atoms with E-state index in [1.807, 2.05) is 0 Å². The molecule has 1 N–H and O–H groups in total. The second-order valence-corrected chi connectivity index (χ2v) is 5.64. The van der Waals surface area contributed by atoms with E-state index >= 15 is 0 Å². The molecular weight excluding hydrogens is 301 g/mol. The van der Waals surface area contributed by atoms with Gasteiger partial charge in [-0.2, -0.15) is 18.3 Å². The number of hydrogen-bond donors (Lipinski definition) is 1. The third kappa shape index (κ3) is 2.44. The van der Waals surface area contributed by atoms with Crippen molar-refractivity contribution in [3.05, 3.63) is 18.0 Å². The number of carbonyl (C=O) groups excluding carboxylic acids is 2. The fraction of sp³-hybridized carbons (Fsp3) is 0.615. The van der Waals surface area contributed by atoms with E-state index in [4.69, 9.17) is 0 Å². The zero-order valence-corrected chi connectivity index (χ0v) is 11.7. The molecule has 0 aromatic carbocycles. The van der Waals surface area contributed by atoms with E-state index in [2.05, 4.69) is 10.4 Å². The predicted octanol–water partition coefficient (Wildman–Crippen LogP) is 1.77. The molecule has 6 nitrogen and oxygen atoms in total. The Kier molecular flexibility index (Phi) is 3.37. The third-order valence-corrected chi connectivity index (χ3v) is 4.19. The monoisotopic (exact) mass is 316 g/mol. The van der Waals surface area contributed by atoms with E-state index in [1.165, 1.54) is 6.20 Å². The molecule has 0 bridgehead atoms. The SMILES string of the molecule is O=C1NC2(CCCC2)C(=O)N1CCn1ccc(C(F)(F)F)n1. The van der Waals surface area contributed by atoms with Crippen molar-refractivity contribution in [2.45, 2.75) is 43.9 Å². The summed E-state index contributed by atoms with van der Waals surface area (Å²) in [5.74, 6) is -0.279. The molecule has 2 heterocycles. The smallest absolute Gasteiger partial charge is 0.323 e. The number of urea groups is 1. The Labute approximate surface area is 124 Å². The molecule has 3 amide bonds. The van der Waals surface area contributed by atoms with Gasteiger partial charge in [0.2, 0.25) is 0 Å². The van der Waals surface area contributed by atoms with Crippen LogP contribution < -0.4 is 5.32 Å². The van der Waals surface area contributed by atoms with Gasteiger partial charge in [0.25, 0.3) is 5.91 Å². The first-order chi connectivity index (χ1) is 10.3. The number of imide groups is 1. The van der Waals surface area contributed by atoms with Crippen LogP contribution in [-0.2, 0) is 17.5 Å². The van der Waals surface area contributed by atoms with Gasteiger partial charge in [-0.15, -0.1) is 0 Å². The van der Waals surface area contributed by atoms with Gasteiger partial charge < -0.3 is 5.32 Å². The highest BCUT2D eigenvalue weighted by atomic mass is 19.4. The number of carbonyl (C=O) groups is 2. The van der Waals surface area contributed by atoms with Crippen LogP contribution in [0.2, 0.25) is 0 Å². The first-order valence-corrected chi connectivity index (χ1v) is 7.07. The van der Waals surface area contributed by atoms with Crippen LogP contribution in [0.25, 0.3) is 0 Å². The number of aromatic nitrogens is 2. The van der Waals surface area contributed by atoms with Crippen molar-refractivity contribution < 1.29 is 22.8 Å². The quantitative estimate of drug-likeness (QED) is 0.864. The summed E-state index contributed by atoms with van der Waals surface area (Å²) < 4.78 is 38.5. The number of amides is 3. The van der Waals surface area contributed by atoms with Gasteiger partial charge in [-0.3, -0.25) is 14.4 Å². The van der Waals surface area contributed by atoms with Crippen molar-refractivity contribution in [3.8, 4) is 0 Å². The molecule has 22 heavy (non-hydrogen) atoms. The molecule has 1 saturated carbocycles. The summed E-state index contributed by atoms with van der Waals surface area (Å²) in [6, 6.07) is 0.389. The number of rotatable bonds is 3. The maximum Gasteiger partial charge on any atom is 0.435 e. The van der Waals surface area contributed by atoms with Crippen LogP contribution in [0.1, 0.15) is 31.4 Å². The van der Waals surface area contributed by atoms with Gasteiger partial charge in [0, 0.05) is 6.20 Å². The molecule has 0 atom stereocenters. The van der Waals surface area contributed by atoms with Gasteiger partial charge >= 0.3 is 12.2 Å². The fourth-order valence-electron chi connectivity index (χ4n) is 3.04. The molecule has 1 saturated heterocycles. The Hall–Kier alpha value is -2.06. The van der Waals surface area contributed by atoms with Crippen LogP contribution >= 0.6 is 0 Å². The average Bonchev–Trinajstić information content (AvgIpc) is 3.11. The Morgan fingerprint density at radius 1 is 1.23 bits per heavy atom. The minimum Gasteiger partial charge on any atom is -0.323 e. The Morgan fingerprint density at radius 2 is 1.91 bits per heavy atom. The van der Waals surface area contributed by atoms with Crippen molar-refractivity contribution in [1.29, 1.82) is 0 Å². The van der Waals surface area contributed by atoms with Crippen LogP contribution in [0.5, 0.6) is 0 Å². The zero-order chi connectivity index (χ0) is 16.0. The van der Waals surface area contributed by atoms with Gasteiger partial charge in [-0.25, -0.2) is 4.79 Å². The van der Waals surface area contributed by atoms with Crippen molar-refractivity contribution in [1.82, 2.24) is 20.0 Å². The molecule has 1 aromatic rings. The van der Waals surface area contributed by atoms with Crippen molar-refractivity contribution in [2.24, 2.45) is 0 Å². The number of nitrogens with zero attached hydrogens (tertiary/aromatic N) is 3. The molecule has 1 spiro atoms. The Bertz CT molecular complexity index is 605. The van der Waals surface area contributed by atoms with E-state index in [1.54, 1.807) is 0 Å². The first kappa shape index (κ1) is 14.9. The van der Waals surface area contributed by atoms with Gasteiger partial charge in [0.1, 0.15) is 5.54 Å². The average molecular weight is 316 g/mol. The molecule has 120 valence electrons. The minimum absolute atomic E-state index is 0.00535. The maximum atomic E-state index is 12.5. The van der Waals surface area contributed by atoms with Gasteiger partial charge in [0.05, 0.1) is 13.1 Å². The molecule has 1 aliphatic heterocycles. The molecule has 2 fully saturated rings. The van der Waals surface area contributed by atoms with Gasteiger partial charge in [-0.1, -0.05) is 12.8 Å². The Balaban J connectivity index is 1.65. The maximum absolute atomic E-state index is 12.5. The van der Waals surface area contributed by atoms with E-state index in [9.17, 15) is 22.8 Å². The summed E-state index contributed by atoms with van der Waals surface area (Å²) in [5, 5.41) is 6.13. The van der Waals surface area contributed by atoms with E-state index in [-0.39, 0.29) is 19.0 Å². The van der Waals surface area contributed by atoms with Crippen LogP contribution in [-0.4, -0.2) is 38.7 Å². The van der Waals surface area contributed by atoms with E-state index in [0.29, 0.717) is 12.8 Å².